The minimum atomic E-state index is 0.111. The summed E-state index contributed by atoms with van der Waals surface area (Å²) in [6.07, 6.45) is 5.61. The maximum Gasteiger partial charge on any atom is 0.219 e. The topological polar surface area (TPSA) is 20.3 Å². The van der Waals surface area contributed by atoms with Crippen LogP contribution in [0.2, 0.25) is 0 Å². The van der Waals surface area contributed by atoms with E-state index in [1.54, 1.807) is 11.8 Å². The molecule has 1 amide bonds. The summed E-state index contributed by atoms with van der Waals surface area (Å²) in [4.78, 5) is 12.7. The van der Waals surface area contributed by atoms with E-state index in [1.807, 2.05) is 26.1 Å². The van der Waals surface area contributed by atoms with Crippen LogP contribution in [0.3, 0.4) is 0 Å². The molecule has 0 atom stereocenters. The Bertz CT molecular complexity index is 276. The van der Waals surface area contributed by atoms with Crippen LogP contribution in [0, 0.1) is 0 Å². The van der Waals surface area contributed by atoms with Crippen LogP contribution >= 0.6 is 0 Å². The van der Waals surface area contributed by atoms with Crippen LogP contribution in [-0.2, 0) is 4.79 Å². The molecule has 0 rings (SSSR count). The lowest BCUT2D eigenvalue weighted by atomic mass is 10.0. The summed E-state index contributed by atoms with van der Waals surface area (Å²) < 4.78 is 0. The first-order valence-corrected chi connectivity index (χ1v) is 5.19. The summed E-state index contributed by atoms with van der Waals surface area (Å²) in [6.45, 7) is 11.9. The predicted octanol–water partition coefficient (Wildman–Crippen LogP) is 2.93. The Morgan fingerprint density at radius 2 is 1.87 bits per heavy atom. The molecule has 0 aliphatic heterocycles. The van der Waals surface area contributed by atoms with Crippen molar-refractivity contribution in [2.24, 2.45) is 0 Å². The van der Waals surface area contributed by atoms with Gasteiger partial charge in [0.15, 0.2) is 0 Å². The Morgan fingerprint density at radius 3 is 2.27 bits per heavy atom. The number of nitrogens with zero attached hydrogens (tertiary/aromatic N) is 1. The first kappa shape index (κ1) is 13.7. The van der Waals surface area contributed by atoms with Crippen LogP contribution in [0.5, 0.6) is 0 Å². The molecule has 0 radical (unpaired) electrons. The van der Waals surface area contributed by atoms with E-state index in [0.717, 1.165) is 25.0 Å². The molecule has 0 heterocycles. The summed E-state index contributed by atoms with van der Waals surface area (Å²) in [5.41, 5.74) is 2.37. The highest BCUT2D eigenvalue weighted by Gasteiger charge is 2.02. The minimum Gasteiger partial charge on any atom is -0.346 e. The highest BCUT2D eigenvalue weighted by molar-refractivity contribution is 5.72. The Hall–Kier alpha value is -1.31. The minimum absolute atomic E-state index is 0.111. The average molecular weight is 207 g/mol. The number of allylic oxidation sites excluding steroid dienone is 4. The van der Waals surface area contributed by atoms with Crippen LogP contribution in [0.15, 0.2) is 36.5 Å². The van der Waals surface area contributed by atoms with Gasteiger partial charge in [0.1, 0.15) is 0 Å². The second-order valence-corrected chi connectivity index (χ2v) is 3.66. The van der Waals surface area contributed by atoms with Crippen LogP contribution in [0.1, 0.15) is 26.7 Å². The van der Waals surface area contributed by atoms with Gasteiger partial charge in [-0.3, -0.25) is 4.79 Å². The Labute approximate surface area is 93.0 Å². The van der Waals surface area contributed by atoms with Gasteiger partial charge >= 0.3 is 0 Å². The van der Waals surface area contributed by atoms with Gasteiger partial charge in [0.05, 0.1) is 0 Å². The zero-order valence-corrected chi connectivity index (χ0v) is 10.0. The zero-order chi connectivity index (χ0) is 11.8. The first-order valence-electron chi connectivity index (χ1n) is 5.19. The highest BCUT2D eigenvalue weighted by Crippen LogP contribution is 2.13. The maximum atomic E-state index is 11.0. The van der Waals surface area contributed by atoms with Gasteiger partial charge in [-0.25, -0.2) is 0 Å². The van der Waals surface area contributed by atoms with Crippen molar-refractivity contribution >= 4 is 5.91 Å². The number of amides is 1. The average Bonchev–Trinajstić information content (AvgIpc) is 2.22. The summed E-state index contributed by atoms with van der Waals surface area (Å²) in [5.74, 6) is 0.111. The van der Waals surface area contributed by atoms with Gasteiger partial charge in [-0.1, -0.05) is 25.3 Å². The lowest BCUT2D eigenvalue weighted by Crippen LogP contribution is -2.24. The third-order valence-electron chi connectivity index (χ3n) is 2.54. The molecule has 0 aromatic heterocycles. The molecule has 0 aromatic carbocycles. The van der Waals surface area contributed by atoms with Crippen LogP contribution < -0.4 is 0 Å². The molecule has 15 heavy (non-hydrogen) atoms. The van der Waals surface area contributed by atoms with Crippen molar-refractivity contribution < 1.29 is 4.79 Å². The van der Waals surface area contributed by atoms with Gasteiger partial charge in [-0.15, -0.1) is 0 Å². The van der Waals surface area contributed by atoms with E-state index < -0.39 is 0 Å². The van der Waals surface area contributed by atoms with Crippen molar-refractivity contribution in [1.29, 1.82) is 0 Å². The molecule has 0 saturated heterocycles. The van der Waals surface area contributed by atoms with Gasteiger partial charge in [-0.05, 0) is 30.9 Å². The van der Waals surface area contributed by atoms with E-state index in [1.165, 1.54) is 5.57 Å². The molecule has 0 aliphatic rings. The van der Waals surface area contributed by atoms with Crippen molar-refractivity contribution in [3.05, 3.63) is 36.5 Å². The summed E-state index contributed by atoms with van der Waals surface area (Å²) in [6, 6.07) is 0. The second kappa shape index (κ2) is 7.04. The first-order chi connectivity index (χ1) is 7.02. The summed E-state index contributed by atoms with van der Waals surface area (Å²) >= 11 is 0. The molecule has 0 aromatic rings. The van der Waals surface area contributed by atoms with E-state index >= 15 is 0 Å². The van der Waals surface area contributed by atoms with Gasteiger partial charge in [0, 0.05) is 20.5 Å². The molecule has 0 saturated carbocycles. The predicted molar refractivity (Wildman–Crippen MR) is 65.6 cm³/mol. The number of carbonyl (C=O) groups is 1. The van der Waals surface area contributed by atoms with E-state index in [0.29, 0.717) is 0 Å². The molecule has 0 spiro atoms. The van der Waals surface area contributed by atoms with Crippen LogP contribution in [0.4, 0.5) is 0 Å². The largest absolute Gasteiger partial charge is 0.346 e. The van der Waals surface area contributed by atoms with E-state index in [4.69, 9.17) is 0 Å². The third kappa shape index (κ3) is 5.21. The van der Waals surface area contributed by atoms with Gasteiger partial charge < -0.3 is 4.90 Å². The van der Waals surface area contributed by atoms with Crippen LogP contribution in [-0.4, -0.2) is 24.4 Å². The zero-order valence-electron chi connectivity index (χ0n) is 10.0. The molecule has 0 bridgehead atoms. The van der Waals surface area contributed by atoms with E-state index in [2.05, 4.69) is 13.2 Å². The van der Waals surface area contributed by atoms with Crippen molar-refractivity contribution in [1.82, 2.24) is 4.90 Å². The fraction of sp³-hybridized carbons (Fsp3) is 0.462. The smallest absolute Gasteiger partial charge is 0.219 e. The molecular weight excluding hydrogens is 186 g/mol. The number of hydrogen-bond donors (Lipinski definition) is 0. The molecule has 2 heteroatoms. The van der Waals surface area contributed by atoms with E-state index in [-0.39, 0.29) is 5.91 Å². The van der Waals surface area contributed by atoms with Crippen molar-refractivity contribution in [2.45, 2.75) is 26.7 Å². The summed E-state index contributed by atoms with van der Waals surface area (Å²) in [5, 5.41) is 0. The number of carbonyl (C=O) groups excluding carboxylic acids is 1. The fourth-order valence-electron chi connectivity index (χ4n) is 1.26. The summed E-state index contributed by atoms with van der Waals surface area (Å²) in [7, 11) is 1.82. The van der Waals surface area contributed by atoms with Crippen molar-refractivity contribution in [3.8, 4) is 0 Å². The lowest BCUT2D eigenvalue weighted by molar-refractivity contribution is -0.127. The number of hydrogen-bond acceptors (Lipinski definition) is 1. The van der Waals surface area contributed by atoms with Crippen LogP contribution in [0.25, 0.3) is 0 Å². The molecule has 2 nitrogen and oxygen atoms in total. The molecule has 0 fully saturated rings. The maximum absolute atomic E-state index is 11.0. The SMILES string of the molecule is C=C/C(C)=C(\C=C)CCCN(C)C(C)=O. The Kier molecular flexibility index (Phi) is 6.43. The highest BCUT2D eigenvalue weighted by atomic mass is 16.2. The molecule has 0 unspecified atom stereocenters. The number of rotatable bonds is 6. The molecule has 0 aliphatic carbocycles. The fourth-order valence-corrected chi connectivity index (χ4v) is 1.26. The second-order valence-electron chi connectivity index (χ2n) is 3.66. The Morgan fingerprint density at radius 1 is 1.27 bits per heavy atom. The molecule has 0 N–H and O–H groups in total. The third-order valence-corrected chi connectivity index (χ3v) is 2.54. The van der Waals surface area contributed by atoms with Crippen molar-refractivity contribution in [3.63, 3.8) is 0 Å². The quantitative estimate of drug-likeness (QED) is 0.613. The van der Waals surface area contributed by atoms with Crippen molar-refractivity contribution in [2.75, 3.05) is 13.6 Å². The lowest BCUT2D eigenvalue weighted by Gasteiger charge is -2.14. The van der Waals surface area contributed by atoms with Gasteiger partial charge in [0.25, 0.3) is 0 Å². The molecule has 84 valence electrons. The van der Waals surface area contributed by atoms with Gasteiger partial charge in [-0.2, -0.15) is 0 Å². The van der Waals surface area contributed by atoms with Gasteiger partial charge in [0.2, 0.25) is 5.91 Å². The monoisotopic (exact) mass is 207 g/mol. The van der Waals surface area contributed by atoms with E-state index in [9.17, 15) is 4.79 Å². The Balaban J connectivity index is 4.10. The standard InChI is InChI=1S/C13H21NO/c1-6-11(3)13(7-2)9-8-10-14(5)12(4)15/h6-7H,1-2,8-10H2,3-5H3/b13-11+. The molecular formula is C13H21NO. The normalized spacial score (nSPS) is 11.7.